The Bertz CT molecular complexity index is 2030. The van der Waals surface area contributed by atoms with E-state index in [1.165, 1.54) is 12.1 Å². The molecule has 2 N–H and O–H groups in total. The van der Waals surface area contributed by atoms with Gasteiger partial charge in [-0.2, -0.15) is 5.10 Å². The molecule has 52 heavy (non-hydrogen) atoms. The van der Waals surface area contributed by atoms with Crippen LogP contribution in [0, 0.1) is 5.82 Å². The van der Waals surface area contributed by atoms with E-state index in [0.29, 0.717) is 85.1 Å². The van der Waals surface area contributed by atoms with E-state index in [1.807, 2.05) is 62.6 Å². The highest BCUT2D eigenvalue weighted by molar-refractivity contribution is 6.35. The van der Waals surface area contributed by atoms with Crippen LogP contribution in [0.25, 0.3) is 32.8 Å². The molecule has 0 saturated heterocycles. The number of aryl methyl sites for hydroxylation is 3. The lowest BCUT2D eigenvalue weighted by molar-refractivity contribution is 0.0295. The number of nitrogens with one attached hydrogen (secondary N) is 1. The fraction of sp³-hybridized carbons (Fsp3) is 0.425. The van der Waals surface area contributed by atoms with Crippen molar-refractivity contribution in [2.45, 2.75) is 85.5 Å². The molecule has 0 bridgehead atoms. The lowest BCUT2D eigenvalue weighted by Gasteiger charge is -2.24. The van der Waals surface area contributed by atoms with Gasteiger partial charge in [0.25, 0.3) is 0 Å². The molecule has 2 heterocycles. The van der Waals surface area contributed by atoms with E-state index in [-0.39, 0.29) is 19.0 Å². The summed E-state index contributed by atoms with van der Waals surface area (Å²) in [6.45, 7) is 10.4. The molecular weight excluding hydrogens is 687 g/mol. The molecule has 1 amide bonds. The van der Waals surface area contributed by atoms with Gasteiger partial charge in [-0.3, -0.25) is 5.10 Å². The quantitative estimate of drug-likeness (QED) is 0.0815. The molecule has 0 aliphatic rings. The molecule has 2 aromatic heterocycles. The number of hydrogen-bond donors (Lipinski definition) is 2. The van der Waals surface area contributed by atoms with Gasteiger partial charge in [-0.25, -0.2) is 14.0 Å². The number of H-pyrrole nitrogens is 1. The highest BCUT2D eigenvalue weighted by Crippen LogP contribution is 2.42. The largest absolute Gasteiger partial charge is 0.493 e. The van der Waals surface area contributed by atoms with E-state index in [1.54, 1.807) is 24.9 Å². The van der Waals surface area contributed by atoms with Gasteiger partial charge in [0.15, 0.2) is 0 Å². The lowest BCUT2D eigenvalue weighted by atomic mass is 9.97. The van der Waals surface area contributed by atoms with Gasteiger partial charge < -0.3 is 28.8 Å². The standard InChI is InChI=1S/C40H48ClFN4O6/c1-7-31-35(32(24-47)44-43-31)34-30(41)19-18-29-28(14-12-22-51-33-15-11-13-25-23-26(42)16-17-27(25)33)37(38(48)50-8-2)46(36(29)34)21-10-9-20-45(6)39(49)52-40(3,4)5/h11,13,15-19,23,47H,7-10,12,14,20-22,24H2,1-6H3,(H,43,44). The lowest BCUT2D eigenvalue weighted by Crippen LogP contribution is -2.34. The van der Waals surface area contributed by atoms with Crippen molar-refractivity contribution >= 4 is 45.3 Å². The number of unbranched alkanes of at least 4 members (excludes halogenated alkanes) is 1. The third kappa shape index (κ3) is 8.53. The first kappa shape index (κ1) is 38.6. The molecule has 0 saturated carbocycles. The fourth-order valence-corrected chi connectivity index (χ4v) is 6.81. The number of aromatic nitrogens is 3. The summed E-state index contributed by atoms with van der Waals surface area (Å²) in [5.41, 5.74) is 4.02. The van der Waals surface area contributed by atoms with Crippen LogP contribution in [0.2, 0.25) is 5.02 Å². The summed E-state index contributed by atoms with van der Waals surface area (Å²) in [6.07, 6.45) is 2.50. The first-order chi connectivity index (χ1) is 24.9. The van der Waals surface area contributed by atoms with Crippen LogP contribution in [0.3, 0.4) is 0 Å². The minimum Gasteiger partial charge on any atom is -0.493 e. The Morgan fingerprint density at radius 1 is 1.04 bits per heavy atom. The van der Waals surface area contributed by atoms with Crippen molar-refractivity contribution in [3.8, 4) is 16.9 Å². The van der Waals surface area contributed by atoms with E-state index in [2.05, 4.69) is 10.2 Å². The molecule has 5 aromatic rings. The van der Waals surface area contributed by atoms with E-state index in [0.717, 1.165) is 32.9 Å². The molecule has 0 aliphatic heterocycles. The molecule has 10 nitrogen and oxygen atoms in total. The molecule has 0 spiro atoms. The summed E-state index contributed by atoms with van der Waals surface area (Å²) in [7, 11) is 1.71. The summed E-state index contributed by atoms with van der Waals surface area (Å²) in [5, 5.41) is 20.6. The Balaban J connectivity index is 1.53. The van der Waals surface area contributed by atoms with Gasteiger partial charge in [-0.1, -0.05) is 36.7 Å². The molecule has 0 atom stereocenters. The molecule has 12 heteroatoms. The number of carbonyl (C=O) groups excluding carboxylic acids is 2. The van der Waals surface area contributed by atoms with Gasteiger partial charge in [0.2, 0.25) is 0 Å². The van der Waals surface area contributed by atoms with Gasteiger partial charge >= 0.3 is 12.1 Å². The second-order valence-electron chi connectivity index (χ2n) is 13.7. The van der Waals surface area contributed by atoms with Gasteiger partial charge in [0.1, 0.15) is 22.9 Å². The number of nitrogens with zero attached hydrogens (tertiary/aromatic N) is 3. The predicted octanol–water partition coefficient (Wildman–Crippen LogP) is 8.87. The number of benzene rings is 3. The number of aliphatic hydroxyl groups is 1. The van der Waals surface area contributed by atoms with E-state index in [4.69, 9.17) is 25.8 Å². The minimum absolute atomic E-state index is 0.190. The van der Waals surface area contributed by atoms with Gasteiger partial charge in [0.05, 0.1) is 41.7 Å². The third-order valence-corrected chi connectivity index (χ3v) is 9.18. The van der Waals surface area contributed by atoms with E-state index >= 15 is 0 Å². The Kier molecular flexibility index (Phi) is 12.5. The molecular formula is C40H48ClFN4O6. The Labute approximate surface area is 308 Å². The number of ether oxygens (including phenoxy) is 3. The number of carbonyl (C=O) groups is 2. The van der Waals surface area contributed by atoms with Crippen molar-refractivity contribution in [1.82, 2.24) is 19.7 Å². The second kappa shape index (κ2) is 16.8. The van der Waals surface area contributed by atoms with Crippen LogP contribution in [0.1, 0.15) is 81.3 Å². The average molecular weight is 735 g/mol. The molecule has 0 unspecified atom stereocenters. The normalized spacial score (nSPS) is 11.7. The highest BCUT2D eigenvalue weighted by atomic mass is 35.5. The smallest absolute Gasteiger partial charge is 0.410 e. The monoisotopic (exact) mass is 734 g/mol. The van der Waals surface area contributed by atoms with Crippen LogP contribution in [-0.2, 0) is 35.5 Å². The summed E-state index contributed by atoms with van der Waals surface area (Å²) in [5.74, 6) is -0.113. The first-order valence-electron chi connectivity index (χ1n) is 17.8. The zero-order chi connectivity index (χ0) is 37.6. The maximum absolute atomic E-state index is 13.9. The maximum Gasteiger partial charge on any atom is 0.410 e. The van der Waals surface area contributed by atoms with Crippen LogP contribution >= 0.6 is 11.6 Å². The van der Waals surface area contributed by atoms with Crippen LogP contribution in [0.5, 0.6) is 5.75 Å². The number of fused-ring (bicyclic) bond motifs is 2. The topological polar surface area (TPSA) is 119 Å². The van der Waals surface area contributed by atoms with Crippen molar-refractivity contribution < 1.29 is 33.3 Å². The van der Waals surface area contributed by atoms with E-state index in [9.17, 15) is 19.1 Å². The van der Waals surface area contributed by atoms with E-state index < -0.39 is 17.7 Å². The predicted molar refractivity (Wildman–Crippen MR) is 202 cm³/mol. The number of hydrogen-bond acceptors (Lipinski definition) is 7. The van der Waals surface area contributed by atoms with Crippen LogP contribution in [-0.4, -0.2) is 69.2 Å². The summed E-state index contributed by atoms with van der Waals surface area (Å²) >= 11 is 7.02. The van der Waals surface area contributed by atoms with Crippen LogP contribution in [0.4, 0.5) is 9.18 Å². The van der Waals surface area contributed by atoms with Crippen molar-refractivity contribution in [3.05, 3.63) is 82.0 Å². The summed E-state index contributed by atoms with van der Waals surface area (Å²) < 4.78 is 33.2. The van der Waals surface area contributed by atoms with Crippen molar-refractivity contribution in [3.63, 3.8) is 0 Å². The Hall–Kier alpha value is -4.61. The summed E-state index contributed by atoms with van der Waals surface area (Å²) in [4.78, 5) is 28.1. The molecule has 278 valence electrons. The Morgan fingerprint density at radius 2 is 1.81 bits per heavy atom. The van der Waals surface area contributed by atoms with Crippen LogP contribution in [0.15, 0.2) is 48.5 Å². The number of rotatable bonds is 15. The number of halogens is 2. The van der Waals surface area contributed by atoms with Crippen LogP contribution < -0.4 is 4.74 Å². The fourth-order valence-electron chi connectivity index (χ4n) is 6.56. The van der Waals surface area contributed by atoms with Crippen molar-refractivity contribution in [1.29, 1.82) is 0 Å². The summed E-state index contributed by atoms with van der Waals surface area (Å²) in [6, 6.07) is 13.9. The average Bonchev–Trinajstić information content (AvgIpc) is 3.66. The molecule has 0 radical (unpaired) electrons. The molecule has 3 aromatic carbocycles. The van der Waals surface area contributed by atoms with Gasteiger partial charge in [-0.15, -0.1) is 0 Å². The zero-order valence-electron chi connectivity index (χ0n) is 30.8. The number of esters is 1. The molecule has 0 fully saturated rings. The van der Waals surface area contributed by atoms with Gasteiger partial charge in [0, 0.05) is 42.0 Å². The minimum atomic E-state index is -0.604. The number of amides is 1. The highest BCUT2D eigenvalue weighted by Gasteiger charge is 2.29. The third-order valence-electron chi connectivity index (χ3n) is 8.87. The number of aromatic amines is 1. The second-order valence-corrected chi connectivity index (χ2v) is 14.1. The number of aliphatic hydroxyl groups excluding tert-OH is 1. The SMILES string of the molecule is CCOC(=O)c1c(CCCOc2cccc3cc(F)ccc23)c2ccc(Cl)c(-c3c(CC)n[nH]c3CO)c2n1CCCCN(C)C(=O)OC(C)(C)C. The molecule has 0 aliphatic carbocycles. The molecule has 5 rings (SSSR count). The maximum atomic E-state index is 13.9. The van der Waals surface area contributed by atoms with Gasteiger partial charge in [-0.05, 0) is 101 Å². The van der Waals surface area contributed by atoms with Crippen molar-refractivity contribution in [2.24, 2.45) is 0 Å². The Morgan fingerprint density at radius 3 is 2.52 bits per heavy atom. The first-order valence-corrected chi connectivity index (χ1v) is 18.2. The van der Waals surface area contributed by atoms with Crippen molar-refractivity contribution in [2.75, 3.05) is 26.8 Å². The zero-order valence-corrected chi connectivity index (χ0v) is 31.5.